The molecule has 1 saturated heterocycles. The molecule has 3 atom stereocenters. The lowest BCUT2D eigenvalue weighted by molar-refractivity contribution is -0.126. The van der Waals surface area contributed by atoms with Crippen LogP contribution in [0.4, 0.5) is 0 Å². The van der Waals surface area contributed by atoms with Gasteiger partial charge in [-0.3, -0.25) is 9.69 Å². The van der Waals surface area contributed by atoms with Crippen LogP contribution in [0.15, 0.2) is 0 Å². The Kier molecular flexibility index (Phi) is 4.38. The van der Waals surface area contributed by atoms with Crippen LogP contribution in [0.1, 0.15) is 32.1 Å². The lowest BCUT2D eigenvalue weighted by atomic mass is 9.88. The van der Waals surface area contributed by atoms with Crippen LogP contribution in [0.3, 0.4) is 0 Å². The number of ether oxygens (including phenoxy) is 1. The van der Waals surface area contributed by atoms with Crippen LogP contribution >= 0.6 is 0 Å². The number of morpholine rings is 1. The number of carbonyl (C=O) groups excluding carboxylic acids is 1. The fourth-order valence-corrected chi connectivity index (χ4v) is 4.04. The highest BCUT2D eigenvalue weighted by Gasteiger charge is 2.42. The number of nitrogens with zero attached hydrogens (tertiary/aromatic N) is 1. The molecule has 2 bridgehead atoms. The van der Waals surface area contributed by atoms with Gasteiger partial charge in [-0.25, -0.2) is 0 Å². The highest BCUT2D eigenvalue weighted by molar-refractivity contribution is 5.79. The Morgan fingerprint density at radius 1 is 1.21 bits per heavy atom. The van der Waals surface area contributed by atoms with Crippen LogP contribution in [0.2, 0.25) is 0 Å². The molecule has 4 heteroatoms. The van der Waals surface area contributed by atoms with E-state index in [0.717, 1.165) is 58.2 Å². The third kappa shape index (κ3) is 3.29. The molecule has 4 nitrogen and oxygen atoms in total. The second-order valence-electron chi connectivity index (χ2n) is 6.38. The molecule has 2 saturated carbocycles. The molecule has 0 spiro atoms. The number of hydrogen-bond acceptors (Lipinski definition) is 3. The number of carbonyl (C=O) groups is 1. The molecule has 0 radical (unpaired) electrons. The van der Waals surface area contributed by atoms with Crippen LogP contribution in [-0.4, -0.2) is 50.2 Å². The zero-order valence-electron chi connectivity index (χ0n) is 11.8. The number of hydrogen-bond donors (Lipinski definition) is 1. The molecule has 3 rings (SSSR count). The standard InChI is InChI=1S/C15H26N2O2/c18-15(14-11-12-2-3-13(14)10-12)16-4-1-5-17-6-8-19-9-7-17/h12-14H,1-11H2,(H,16,18)/t12-,13-,14+/m1/s1. The van der Waals surface area contributed by atoms with E-state index in [1.54, 1.807) is 0 Å². The van der Waals surface area contributed by atoms with Crippen molar-refractivity contribution in [2.24, 2.45) is 17.8 Å². The van der Waals surface area contributed by atoms with E-state index in [2.05, 4.69) is 10.2 Å². The molecule has 1 heterocycles. The second kappa shape index (κ2) is 6.23. The van der Waals surface area contributed by atoms with E-state index >= 15 is 0 Å². The Hall–Kier alpha value is -0.610. The first-order chi connectivity index (χ1) is 9.33. The molecule has 3 fully saturated rings. The molecule has 0 unspecified atom stereocenters. The second-order valence-corrected chi connectivity index (χ2v) is 6.38. The average molecular weight is 266 g/mol. The molecule has 1 N–H and O–H groups in total. The number of fused-ring (bicyclic) bond motifs is 2. The third-order valence-electron chi connectivity index (χ3n) is 5.13. The molecule has 3 aliphatic rings. The van der Waals surface area contributed by atoms with Crippen LogP contribution in [0.25, 0.3) is 0 Å². The van der Waals surface area contributed by atoms with E-state index in [-0.39, 0.29) is 0 Å². The average Bonchev–Trinajstić information content (AvgIpc) is 3.07. The SMILES string of the molecule is O=C(NCCCN1CCOCC1)[C@H]1C[C@@H]2CC[C@@H]1C2. The maximum absolute atomic E-state index is 12.1. The Balaban J connectivity index is 1.30. The van der Waals surface area contributed by atoms with Crippen molar-refractivity contribution < 1.29 is 9.53 Å². The molecule has 2 aliphatic carbocycles. The van der Waals surface area contributed by atoms with Crippen molar-refractivity contribution in [2.75, 3.05) is 39.4 Å². The maximum Gasteiger partial charge on any atom is 0.223 e. The highest BCUT2D eigenvalue weighted by Crippen LogP contribution is 2.48. The molecule has 1 amide bonds. The lowest BCUT2D eigenvalue weighted by Gasteiger charge is -2.26. The van der Waals surface area contributed by atoms with Gasteiger partial charge in [-0.2, -0.15) is 0 Å². The minimum atomic E-state index is 0.328. The van der Waals surface area contributed by atoms with Gasteiger partial charge in [0, 0.05) is 25.6 Å². The molecular formula is C15H26N2O2. The Morgan fingerprint density at radius 2 is 2.05 bits per heavy atom. The zero-order valence-corrected chi connectivity index (χ0v) is 11.8. The molecule has 0 aromatic rings. The van der Waals surface area contributed by atoms with E-state index < -0.39 is 0 Å². The summed E-state index contributed by atoms with van der Waals surface area (Å²) >= 11 is 0. The summed E-state index contributed by atoms with van der Waals surface area (Å²) in [5.74, 6) is 2.22. The van der Waals surface area contributed by atoms with Crippen molar-refractivity contribution in [3.8, 4) is 0 Å². The van der Waals surface area contributed by atoms with Gasteiger partial charge in [-0.05, 0) is 44.1 Å². The molecule has 0 aromatic carbocycles. The fraction of sp³-hybridized carbons (Fsp3) is 0.933. The molecule has 19 heavy (non-hydrogen) atoms. The van der Waals surface area contributed by atoms with Gasteiger partial charge in [0.2, 0.25) is 5.91 Å². The monoisotopic (exact) mass is 266 g/mol. The first-order valence-electron chi connectivity index (χ1n) is 7.91. The summed E-state index contributed by atoms with van der Waals surface area (Å²) < 4.78 is 5.33. The molecule has 108 valence electrons. The highest BCUT2D eigenvalue weighted by atomic mass is 16.5. The minimum absolute atomic E-state index is 0.328. The van der Waals surface area contributed by atoms with Gasteiger partial charge in [0.05, 0.1) is 13.2 Å². The van der Waals surface area contributed by atoms with Crippen LogP contribution in [0, 0.1) is 17.8 Å². The summed E-state index contributed by atoms with van der Waals surface area (Å²) in [7, 11) is 0. The molecule has 1 aliphatic heterocycles. The zero-order chi connectivity index (χ0) is 13.1. The lowest BCUT2D eigenvalue weighted by Crippen LogP contribution is -2.39. The van der Waals surface area contributed by atoms with Gasteiger partial charge in [-0.1, -0.05) is 6.42 Å². The van der Waals surface area contributed by atoms with Crippen LogP contribution in [-0.2, 0) is 9.53 Å². The first kappa shape index (κ1) is 13.4. The van der Waals surface area contributed by atoms with Crippen molar-refractivity contribution in [3.05, 3.63) is 0 Å². The fourth-order valence-electron chi connectivity index (χ4n) is 4.04. The number of amides is 1. The smallest absolute Gasteiger partial charge is 0.223 e. The van der Waals surface area contributed by atoms with E-state index in [1.807, 2.05) is 0 Å². The largest absolute Gasteiger partial charge is 0.379 e. The summed E-state index contributed by atoms with van der Waals surface area (Å²) in [5.41, 5.74) is 0. The first-order valence-corrected chi connectivity index (χ1v) is 7.91. The van der Waals surface area contributed by atoms with E-state index in [1.165, 1.54) is 19.3 Å². The summed E-state index contributed by atoms with van der Waals surface area (Å²) in [6.07, 6.45) is 6.18. The third-order valence-corrected chi connectivity index (χ3v) is 5.13. The normalized spacial score (nSPS) is 34.6. The van der Waals surface area contributed by atoms with Crippen molar-refractivity contribution in [3.63, 3.8) is 0 Å². The van der Waals surface area contributed by atoms with E-state index in [9.17, 15) is 4.79 Å². The molecule has 0 aromatic heterocycles. The van der Waals surface area contributed by atoms with Crippen LogP contribution in [0.5, 0.6) is 0 Å². The van der Waals surface area contributed by atoms with Crippen molar-refractivity contribution >= 4 is 5.91 Å². The van der Waals surface area contributed by atoms with Gasteiger partial charge in [-0.15, -0.1) is 0 Å². The summed E-state index contributed by atoms with van der Waals surface area (Å²) in [6.45, 7) is 5.72. The number of nitrogens with one attached hydrogen (secondary N) is 1. The summed E-state index contributed by atoms with van der Waals surface area (Å²) in [4.78, 5) is 14.6. The summed E-state index contributed by atoms with van der Waals surface area (Å²) in [6, 6.07) is 0. The van der Waals surface area contributed by atoms with E-state index in [4.69, 9.17) is 4.74 Å². The van der Waals surface area contributed by atoms with Gasteiger partial charge < -0.3 is 10.1 Å². The van der Waals surface area contributed by atoms with Gasteiger partial charge >= 0.3 is 0 Å². The number of rotatable bonds is 5. The van der Waals surface area contributed by atoms with Crippen molar-refractivity contribution in [1.82, 2.24) is 10.2 Å². The predicted molar refractivity (Wildman–Crippen MR) is 73.8 cm³/mol. The Bertz CT molecular complexity index is 315. The summed E-state index contributed by atoms with van der Waals surface area (Å²) in [5, 5.41) is 3.15. The maximum atomic E-state index is 12.1. The van der Waals surface area contributed by atoms with Crippen LogP contribution < -0.4 is 5.32 Å². The van der Waals surface area contributed by atoms with Gasteiger partial charge in [0.25, 0.3) is 0 Å². The molecular weight excluding hydrogens is 240 g/mol. The van der Waals surface area contributed by atoms with Crippen molar-refractivity contribution in [2.45, 2.75) is 32.1 Å². The Labute approximate surface area is 115 Å². The predicted octanol–water partition coefficient (Wildman–Crippen LogP) is 1.26. The topological polar surface area (TPSA) is 41.6 Å². The van der Waals surface area contributed by atoms with Gasteiger partial charge in [0.15, 0.2) is 0 Å². The quantitative estimate of drug-likeness (QED) is 0.762. The minimum Gasteiger partial charge on any atom is -0.379 e. The Morgan fingerprint density at radius 3 is 2.74 bits per heavy atom. The van der Waals surface area contributed by atoms with Crippen molar-refractivity contribution in [1.29, 1.82) is 0 Å². The van der Waals surface area contributed by atoms with E-state index in [0.29, 0.717) is 17.7 Å². The van der Waals surface area contributed by atoms with Gasteiger partial charge in [0.1, 0.15) is 0 Å².